The van der Waals surface area contributed by atoms with Crippen LogP contribution in [0.1, 0.15) is 15.2 Å². The van der Waals surface area contributed by atoms with Crippen LogP contribution in [0.4, 0.5) is 19.6 Å². The monoisotopic (exact) mass is 555 g/mol. The Morgan fingerprint density at radius 3 is 2.78 bits per heavy atom. The zero-order valence-electron chi connectivity index (χ0n) is 21.3. The van der Waals surface area contributed by atoms with Crippen molar-refractivity contribution < 1.29 is 31.2 Å². The zero-order chi connectivity index (χ0) is 28.5. The molecule has 4 rings (SSSR count). The van der Waals surface area contributed by atoms with Crippen molar-refractivity contribution in [3.8, 4) is 22.8 Å². The Balaban J connectivity index is 1.49. The Hall–Kier alpha value is -3.48. The maximum atomic E-state index is 14.5. The fraction of sp³-hybridized carbons (Fsp3) is 0.130. The van der Waals surface area contributed by atoms with E-state index in [-0.39, 0.29) is 50.0 Å². The molecule has 0 spiro atoms. The van der Waals surface area contributed by atoms with Crippen molar-refractivity contribution in [3.05, 3.63) is 75.8 Å². The molecule has 0 atom stereocenters. The molecule has 0 radical (unpaired) electrons. The van der Waals surface area contributed by atoms with Crippen LogP contribution in [0.2, 0.25) is 5.02 Å². The molecule has 36 heavy (non-hydrogen) atoms. The average molecular weight is 556 g/mol. The van der Waals surface area contributed by atoms with E-state index in [9.17, 15) is 22.3 Å². The van der Waals surface area contributed by atoms with Crippen LogP contribution in [-0.4, -0.2) is 30.5 Å². The van der Waals surface area contributed by atoms with Gasteiger partial charge in [-0.2, -0.15) is 12.8 Å². The molecule has 2 aromatic carbocycles. The number of thiazole rings is 1. The first-order chi connectivity index (χ1) is 18.2. The molecule has 188 valence electrons. The Morgan fingerprint density at radius 2 is 2.06 bits per heavy atom. The number of sulfonamides is 1. The molecule has 13 heteroatoms. The first-order valence-corrected chi connectivity index (χ1v) is 12.8. The maximum absolute atomic E-state index is 14.5. The van der Waals surface area contributed by atoms with Crippen LogP contribution in [0.3, 0.4) is 0 Å². The zero-order valence-corrected chi connectivity index (χ0v) is 20.7. The molecule has 0 aliphatic heterocycles. The summed E-state index contributed by atoms with van der Waals surface area (Å²) in [4.78, 5) is 7.94. The lowest BCUT2D eigenvalue weighted by Gasteiger charge is -2.12. The smallest absolute Gasteiger partial charge is 0.281 e. The van der Waals surface area contributed by atoms with Gasteiger partial charge in [-0.1, -0.05) is 41.1 Å². The molecule has 4 aromatic rings. The van der Waals surface area contributed by atoms with E-state index in [0.29, 0.717) is 22.6 Å². The molecule has 0 saturated heterocycles. The highest BCUT2D eigenvalue weighted by atomic mass is 35.5. The number of nitrogens with zero attached hydrogens (tertiary/aromatic N) is 2. The minimum absolute atomic E-state index is 0.0436. The van der Waals surface area contributed by atoms with E-state index in [4.69, 9.17) is 20.5 Å². The second kappa shape index (κ2) is 10.2. The highest BCUT2D eigenvalue weighted by Crippen LogP contribution is 2.33. The number of para-hydroxylation sites is 1. The summed E-state index contributed by atoms with van der Waals surface area (Å²) in [7, 11) is -7.01. The number of anilines is 2. The number of aromatic hydroxyl groups is 1. The Morgan fingerprint density at radius 1 is 1.25 bits per heavy atom. The number of halogens is 3. The fourth-order valence-corrected chi connectivity index (χ4v) is 5.49. The van der Waals surface area contributed by atoms with Crippen molar-refractivity contribution in [1.29, 1.82) is 0 Å². The van der Waals surface area contributed by atoms with Gasteiger partial charge in [0.15, 0.2) is 21.7 Å². The normalized spacial score (nSPS) is 12.9. The van der Waals surface area contributed by atoms with Gasteiger partial charge >= 0.3 is 0 Å². The predicted molar refractivity (Wildman–Crippen MR) is 134 cm³/mol. The summed E-state index contributed by atoms with van der Waals surface area (Å²) in [6.07, 6.45) is 1.24. The van der Waals surface area contributed by atoms with Gasteiger partial charge in [-0.3, -0.25) is 4.72 Å². The largest absolute Gasteiger partial charge is 0.504 e. The number of phenols is 1. The summed E-state index contributed by atoms with van der Waals surface area (Å²) in [5.41, 5.74) is 0.819. The number of aryl methyl sites for hydroxylation is 1. The molecule has 0 aliphatic rings. The number of phenolic OH excluding ortho intramolecular Hbond substituents is 1. The van der Waals surface area contributed by atoms with Gasteiger partial charge in [0.05, 0.1) is 28.1 Å². The van der Waals surface area contributed by atoms with Crippen molar-refractivity contribution in [2.45, 2.75) is 18.5 Å². The van der Waals surface area contributed by atoms with Gasteiger partial charge in [-0.05, 0) is 36.8 Å². The number of aromatic nitrogens is 2. The van der Waals surface area contributed by atoms with Crippen molar-refractivity contribution in [3.63, 3.8) is 0 Å². The minimum atomic E-state index is -4.27. The van der Waals surface area contributed by atoms with Gasteiger partial charge in [-0.15, -0.1) is 0 Å². The van der Waals surface area contributed by atoms with Crippen LogP contribution >= 0.6 is 22.9 Å². The van der Waals surface area contributed by atoms with E-state index in [0.717, 1.165) is 6.07 Å². The Kier molecular flexibility index (Phi) is 6.20. The molecule has 0 unspecified atom stereocenters. The van der Waals surface area contributed by atoms with Crippen LogP contribution in [0.15, 0.2) is 53.7 Å². The Bertz CT molecular complexity index is 1650. The minimum Gasteiger partial charge on any atom is -0.504 e. The van der Waals surface area contributed by atoms with Gasteiger partial charge < -0.3 is 15.2 Å². The van der Waals surface area contributed by atoms with Crippen LogP contribution in [0.25, 0.3) is 11.3 Å². The summed E-state index contributed by atoms with van der Waals surface area (Å²) in [6.45, 7) is 1.54. The number of benzene rings is 2. The third-order valence-electron chi connectivity index (χ3n) is 4.96. The first kappa shape index (κ1) is 21.8. The number of pyridine rings is 1. The van der Waals surface area contributed by atoms with Crippen molar-refractivity contribution >= 4 is 43.8 Å². The van der Waals surface area contributed by atoms with Crippen LogP contribution in [0.5, 0.6) is 11.5 Å². The number of hydrogen-bond acceptors (Lipinski definition) is 8. The van der Waals surface area contributed by atoms with Gasteiger partial charge in [0.25, 0.3) is 10.0 Å². The van der Waals surface area contributed by atoms with Gasteiger partial charge in [0.1, 0.15) is 11.5 Å². The number of methoxy groups -OCH3 is 1. The van der Waals surface area contributed by atoms with E-state index in [2.05, 4.69) is 20.0 Å². The van der Waals surface area contributed by atoms with E-state index < -0.39 is 28.0 Å². The van der Waals surface area contributed by atoms with Gasteiger partial charge in [0, 0.05) is 17.7 Å². The van der Waals surface area contributed by atoms with E-state index in [1.807, 2.05) is 0 Å². The SMILES string of the molecule is [2H]C([2H])([2H])Oc1cccc(CNc2cnc(S(=O)(=O)Nc3nc(-c4ccc(Cl)c(F)c4)c(F)s3)c(C)c2)c1O. The molecular weight excluding hydrogens is 534 g/mol. The molecule has 8 nitrogen and oxygen atoms in total. The third kappa shape index (κ3) is 5.35. The lowest BCUT2D eigenvalue weighted by Crippen LogP contribution is -2.16. The topological polar surface area (TPSA) is 113 Å². The van der Waals surface area contributed by atoms with E-state index in [1.54, 1.807) is 6.07 Å². The molecule has 3 N–H and O–H groups in total. The molecule has 0 bridgehead atoms. The first-order valence-electron chi connectivity index (χ1n) is 11.6. The molecule has 2 aromatic heterocycles. The van der Waals surface area contributed by atoms with Crippen molar-refractivity contribution in [2.24, 2.45) is 0 Å². The molecule has 0 aliphatic carbocycles. The van der Waals surface area contributed by atoms with Gasteiger partial charge in [-0.25, -0.2) is 14.4 Å². The number of hydrogen-bond donors (Lipinski definition) is 3. The van der Waals surface area contributed by atoms with Gasteiger partial charge in [0.2, 0.25) is 5.13 Å². The molecule has 0 amide bonds. The molecule has 0 saturated carbocycles. The second-order valence-corrected chi connectivity index (χ2v) is 10.4. The fourth-order valence-electron chi connectivity index (χ4n) is 3.26. The highest BCUT2D eigenvalue weighted by molar-refractivity contribution is 7.92. The summed E-state index contributed by atoms with van der Waals surface area (Å²) >= 11 is 6.08. The number of ether oxygens (including phenoxy) is 1. The quantitative estimate of drug-likeness (QED) is 0.260. The van der Waals surface area contributed by atoms with Crippen LogP contribution < -0.4 is 14.8 Å². The molecule has 0 fully saturated rings. The summed E-state index contributed by atoms with van der Waals surface area (Å²) in [6, 6.07) is 9.46. The Labute approximate surface area is 218 Å². The highest BCUT2D eigenvalue weighted by Gasteiger charge is 2.23. The predicted octanol–water partition coefficient (Wildman–Crippen LogP) is 5.57. The summed E-state index contributed by atoms with van der Waals surface area (Å²) in [5, 5.41) is 11.7. The second-order valence-electron chi connectivity index (χ2n) is 7.44. The number of rotatable bonds is 8. The van der Waals surface area contributed by atoms with Crippen molar-refractivity contribution in [2.75, 3.05) is 17.1 Å². The lowest BCUT2D eigenvalue weighted by molar-refractivity contribution is 0.371. The van der Waals surface area contributed by atoms with Crippen molar-refractivity contribution in [1.82, 2.24) is 9.97 Å². The van der Waals surface area contributed by atoms with Crippen LogP contribution in [-0.2, 0) is 16.6 Å². The third-order valence-corrected chi connectivity index (χ3v) is 7.55. The van der Waals surface area contributed by atoms with Crippen LogP contribution in [0, 0.1) is 17.9 Å². The van der Waals surface area contributed by atoms with E-state index in [1.165, 1.54) is 43.5 Å². The number of nitrogens with one attached hydrogen (secondary N) is 2. The lowest BCUT2D eigenvalue weighted by atomic mass is 10.2. The summed E-state index contributed by atoms with van der Waals surface area (Å²) in [5.74, 6) is -1.34. The van der Waals surface area contributed by atoms with E-state index >= 15 is 0 Å². The summed E-state index contributed by atoms with van der Waals surface area (Å²) < 4.78 is 82.7. The molecule has 2 heterocycles. The molecular formula is C23H19ClF2N4O4S2. The average Bonchev–Trinajstić information content (AvgIpc) is 3.19. The maximum Gasteiger partial charge on any atom is 0.281 e. The standard InChI is InChI=1S/C23H19ClF2N4O4S2/c1-12-8-15(27-10-14-4-3-5-18(34-2)20(14)31)11-28-22(12)36(32,33)30-23-29-19(21(26)35-23)13-6-7-16(24)17(25)9-13/h3-9,11,27,31H,10H2,1-2H3,(H,29,30)/i2D3.